The van der Waals surface area contributed by atoms with E-state index < -0.39 is 5.97 Å². The van der Waals surface area contributed by atoms with Gasteiger partial charge in [0.05, 0.1) is 18.7 Å². The molecule has 0 amide bonds. The van der Waals surface area contributed by atoms with E-state index in [1.54, 1.807) is 13.3 Å². The highest BCUT2D eigenvalue weighted by Crippen LogP contribution is 2.24. The van der Waals surface area contributed by atoms with Crippen molar-refractivity contribution in [2.45, 2.75) is 12.8 Å². The van der Waals surface area contributed by atoms with Crippen LogP contribution in [-0.2, 0) is 4.79 Å². The van der Waals surface area contributed by atoms with Crippen LogP contribution in [0.3, 0.4) is 0 Å². The third-order valence-electron chi connectivity index (χ3n) is 4.08. The lowest BCUT2D eigenvalue weighted by Gasteiger charge is -2.30. The molecule has 0 bridgehead atoms. The number of carboxylic acids is 1. The number of piperidine rings is 1. The molecule has 1 aliphatic heterocycles. The topological polar surface area (TPSA) is 75.5 Å². The molecule has 2 heterocycles. The van der Waals surface area contributed by atoms with Gasteiger partial charge in [0.1, 0.15) is 5.75 Å². The van der Waals surface area contributed by atoms with Crippen molar-refractivity contribution in [1.29, 1.82) is 0 Å². The molecule has 6 nitrogen and oxygen atoms in total. The molecule has 120 valence electrons. The highest BCUT2D eigenvalue weighted by atomic mass is 16.5. The lowest BCUT2D eigenvalue weighted by molar-refractivity contribution is -0.141. The maximum Gasteiger partial charge on any atom is 0.308 e. The van der Waals surface area contributed by atoms with Crippen LogP contribution in [0.5, 0.6) is 5.75 Å². The molecule has 3 rings (SSSR count). The standard InChI is InChI=1S/C17H19N3O3/c1-23-14-6-4-12(5-7-14)15-8-9-18-17(19-15)20-10-2-3-13(11-20)16(21)22/h4-9,13H,2-3,10-11H2,1H3,(H,21,22). The highest BCUT2D eigenvalue weighted by Gasteiger charge is 2.26. The fraction of sp³-hybridized carbons (Fsp3) is 0.353. The second kappa shape index (κ2) is 6.64. The van der Waals surface area contributed by atoms with Gasteiger partial charge in [-0.15, -0.1) is 0 Å². The number of hydrogen-bond donors (Lipinski definition) is 1. The van der Waals surface area contributed by atoms with Crippen molar-refractivity contribution in [3.05, 3.63) is 36.5 Å². The Kier molecular flexibility index (Phi) is 4.41. The number of benzene rings is 1. The first-order valence-electron chi connectivity index (χ1n) is 7.62. The molecule has 0 saturated carbocycles. The molecule has 0 radical (unpaired) electrons. The summed E-state index contributed by atoms with van der Waals surface area (Å²) in [5, 5.41) is 9.21. The van der Waals surface area contributed by atoms with Crippen molar-refractivity contribution in [2.24, 2.45) is 5.92 Å². The third kappa shape index (κ3) is 3.41. The fourth-order valence-corrected chi connectivity index (χ4v) is 2.78. The molecule has 1 atom stereocenters. The van der Waals surface area contributed by atoms with Gasteiger partial charge in [0, 0.05) is 24.8 Å². The number of carboxylic acid groups (broad SMARTS) is 1. The number of ether oxygens (including phenoxy) is 1. The van der Waals surface area contributed by atoms with Crippen LogP contribution in [0.1, 0.15) is 12.8 Å². The maximum atomic E-state index is 11.2. The van der Waals surface area contributed by atoms with Gasteiger partial charge < -0.3 is 14.7 Å². The zero-order valence-electron chi connectivity index (χ0n) is 13.0. The maximum absolute atomic E-state index is 11.2. The smallest absolute Gasteiger partial charge is 0.308 e. The van der Waals surface area contributed by atoms with E-state index in [2.05, 4.69) is 9.97 Å². The Labute approximate surface area is 134 Å². The molecule has 1 saturated heterocycles. The van der Waals surface area contributed by atoms with E-state index in [0.717, 1.165) is 30.0 Å². The van der Waals surface area contributed by atoms with E-state index in [1.165, 1.54) is 0 Å². The van der Waals surface area contributed by atoms with Crippen LogP contribution in [0, 0.1) is 5.92 Å². The van der Waals surface area contributed by atoms with E-state index in [0.29, 0.717) is 18.9 Å². The predicted octanol–water partition coefficient (Wildman–Crippen LogP) is 2.45. The van der Waals surface area contributed by atoms with Crippen molar-refractivity contribution in [3.63, 3.8) is 0 Å². The van der Waals surface area contributed by atoms with Crippen LogP contribution >= 0.6 is 0 Å². The summed E-state index contributed by atoms with van der Waals surface area (Å²) in [6.45, 7) is 1.25. The zero-order valence-corrected chi connectivity index (χ0v) is 13.0. The fourth-order valence-electron chi connectivity index (χ4n) is 2.78. The van der Waals surface area contributed by atoms with E-state index in [1.807, 2.05) is 35.2 Å². The Balaban J connectivity index is 1.82. The number of aliphatic carboxylic acids is 1. The predicted molar refractivity (Wildman–Crippen MR) is 86.6 cm³/mol. The second-order valence-electron chi connectivity index (χ2n) is 5.59. The summed E-state index contributed by atoms with van der Waals surface area (Å²) < 4.78 is 5.16. The SMILES string of the molecule is COc1ccc(-c2ccnc(N3CCCC(C(=O)O)C3)n2)cc1. The molecule has 1 aromatic heterocycles. The molecular formula is C17H19N3O3. The van der Waals surface area contributed by atoms with Gasteiger partial charge in [-0.1, -0.05) is 0 Å². The van der Waals surface area contributed by atoms with Crippen molar-refractivity contribution in [3.8, 4) is 17.0 Å². The van der Waals surface area contributed by atoms with Gasteiger partial charge in [-0.2, -0.15) is 0 Å². The van der Waals surface area contributed by atoms with Gasteiger partial charge in [0.2, 0.25) is 5.95 Å². The van der Waals surface area contributed by atoms with Gasteiger partial charge in [-0.05, 0) is 43.2 Å². The minimum absolute atomic E-state index is 0.350. The first-order chi connectivity index (χ1) is 11.2. The second-order valence-corrected chi connectivity index (χ2v) is 5.59. The van der Waals surface area contributed by atoms with Gasteiger partial charge in [0.15, 0.2) is 0 Å². The first kappa shape index (κ1) is 15.3. The molecular weight excluding hydrogens is 294 g/mol. The summed E-state index contributed by atoms with van der Waals surface area (Å²) in [7, 11) is 1.63. The zero-order chi connectivity index (χ0) is 16.2. The molecule has 2 aromatic rings. The lowest BCUT2D eigenvalue weighted by atomic mass is 9.99. The molecule has 6 heteroatoms. The van der Waals surface area contributed by atoms with Crippen LogP contribution in [0.2, 0.25) is 0 Å². The van der Waals surface area contributed by atoms with Crippen molar-refractivity contribution >= 4 is 11.9 Å². The minimum Gasteiger partial charge on any atom is -0.497 e. The summed E-state index contributed by atoms with van der Waals surface area (Å²) in [4.78, 5) is 22.1. The third-order valence-corrected chi connectivity index (χ3v) is 4.08. The quantitative estimate of drug-likeness (QED) is 0.934. The van der Waals surface area contributed by atoms with E-state index in [4.69, 9.17) is 4.74 Å². The number of nitrogens with zero attached hydrogens (tertiary/aromatic N) is 3. The molecule has 23 heavy (non-hydrogen) atoms. The van der Waals surface area contributed by atoms with Gasteiger partial charge in [-0.3, -0.25) is 4.79 Å². The largest absolute Gasteiger partial charge is 0.497 e. The van der Waals surface area contributed by atoms with Crippen LogP contribution < -0.4 is 9.64 Å². The Morgan fingerprint density at radius 1 is 1.30 bits per heavy atom. The van der Waals surface area contributed by atoms with Gasteiger partial charge in [0.25, 0.3) is 0 Å². The molecule has 0 aliphatic carbocycles. The number of anilines is 1. The van der Waals surface area contributed by atoms with E-state index >= 15 is 0 Å². The van der Waals surface area contributed by atoms with Crippen molar-refractivity contribution in [2.75, 3.05) is 25.1 Å². The van der Waals surface area contributed by atoms with Gasteiger partial charge >= 0.3 is 5.97 Å². The summed E-state index contributed by atoms with van der Waals surface area (Å²) in [6, 6.07) is 9.52. The average Bonchev–Trinajstić information content (AvgIpc) is 2.62. The Morgan fingerprint density at radius 2 is 2.09 bits per heavy atom. The summed E-state index contributed by atoms with van der Waals surface area (Å²) >= 11 is 0. The number of methoxy groups -OCH3 is 1. The van der Waals surface area contributed by atoms with Crippen LogP contribution in [0.4, 0.5) is 5.95 Å². The minimum atomic E-state index is -0.749. The average molecular weight is 313 g/mol. The Morgan fingerprint density at radius 3 is 2.78 bits per heavy atom. The van der Waals surface area contributed by atoms with Crippen LogP contribution in [0.25, 0.3) is 11.3 Å². The van der Waals surface area contributed by atoms with Crippen molar-refractivity contribution in [1.82, 2.24) is 9.97 Å². The summed E-state index contributed by atoms with van der Waals surface area (Å²) in [5.41, 5.74) is 1.79. The van der Waals surface area contributed by atoms with E-state index in [-0.39, 0.29) is 5.92 Å². The molecule has 1 fully saturated rings. The molecule has 1 aromatic carbocycles. The number of aromatic nitrogens is 2. The lowest BCUT2D eigenvalue weighted by Crippen LogP contribution is -2.39. The monoisotopic (exact) mass is 313 g/mol. The number of carbonyl (C=O) groups is 1. The molecule has 1 N–H and O–H groups in total. The Bertz CT molecular complexity index is 688. The number of hydrogen-bond acceptors (Lipinski definition) is 5. The highest BCUT2D eigenvalue weighted by molar-refractivity contribution is 5.71. The van der Waals surface area contributed by atoms with Crippen LogP contribution in [0.15, 0.2) is 36.5 Å². The molecule has 1 unspecified atom stereocenters. The van der Waals surface area contributed by atoms with E-state index in [9.17, 15) is 9.90 Å². The van der Waals surface area contributed by atoms with Crippen molar-refractivity contribution < 1.29 is 14.6 Å². The Hall–Kier alpha value is -2.63. The first-order valence-corrected chi connectivity index (χ1v) is 7.62. The number of rotatable bonds is 4. The molecule has 0 spiro atoms. The van der Waals surface area contributed by atoms with Crippen LogP contribution in [-0.4, -0.2) is 41.2 Å². The summed E-state index contributed by atoms with van der Waals surface area (Å²) in [5.74, 6) is 0.283. The summed E-state index contributed by atoms with van der Waals surface area (Å²) in [6.07, 6.45) is 3.27. The molecule has 1 aliphatic rings. The van der Waals surface area contributed by atoms with Gasteiger partial charge in [-0.25, -0.2) is 9.97 Å². The normalized spacial score (nSPS) is 17.8.